The van der Waals surface area contributed by atoms with Crippen molar-refractivity contribution in [2.24, 2.45) is 0 Å². The van der Waals surface area contributed by atoms with Crippen LogP contribution in [0.25, 0.3) is 5.69 Å². The van der Waals surface area contributed by atoms with Gasteiger partial charge in [0.1, 0.15) is 0 Å². The van der Waals surface area contributed by atoms with Gasteiger partial charge in [-0.3, -0.25) is 4.79 Å². The molecule has 28 heavy (non-hydrogen) atoms. The fourth-order valence-electron chi connectivity index (χ4n) is 3.90. The highest BCUT2D eigenvalue weighted by Gasteiger charge is 2.35. The smallest absolute Gasteiger partial charge is 0.292 e. The summed E-state index contributed by atoms with van der Waals surface area (Å²) in [6.07, 6.45) is 0. The summed E-state index contributed by atoms with van der Waals surface area (Å²) in [4.78, 5) is 19.3. The van der Waals surface area contributed by atoms with Crippen molar-refractivity contribution < 1.29 is 13.9 Å². The number of benzene rings is 1. The van der Waals surface area contributed by atoms with Crippen LogP contribution < -0.4 is 0 Å². The molecular formula is C21H24N4O3. The Morgan fingerprint density at radius 2 is 1.86 bits per heavy atom. The third-order valence-electron chi connectivity index (χ3n) is 5.17. The van der Waals surface area contributed by atoms with E-state index in [1.165, 1.54) is 0 Å². The van der Waals surface area contributed by atoms with E-state index >= 15 is 0 Å². The zero-order valence-corrected chi connectivity index (χ0v) is 16.6. The molecule has 4 rings (SSSR count). The molecule has 1 aromatic carbocycles. The summed E-state index contributed by atoms with van der Waals surface area (Å²) in [5.74, 6) is 0.641. The van der Waals surface area contributed by atoms with Crippen LogP contribution in [0, 0.1) is 27.7 Å². The summed E-state index contributed by atoms with van der Waals surface area (Å²) in [6.45, 7) is 8.98. The lowest BCUT2D eigenvalue weighted by atomic mass is 10.0. The molecule has 1 atom stereocenters. The van der Waals surface area contributed by atoms with E-state index in [2.05, 4.69) is 4.98 Å². The Bertz CT molecular complexity index is 1010. The highest BCUT2D eigenvalue weighted by atomic mass is 16.5. The quantitative estimate of drug-likeness (QED) is 0.697. The van der Waals surface area contributed by atoms with E-state index in [1.807, 2.05) is 53.8 Å². The van der Waals surface area contributed by atoms with E-state index in [-0.39, 0.29) is 11.9 Å². The summed E-state index contributed by atoms with van der Waals surface area (Å²) >= 11 is 0. The van der Waals surface area contributed by atoms with Crippen LogP contribution in [0.1, 0.15) is 45.1 Å². The van der Waals surface area contributed by atoms with E-state index in [1.54, 1.807) is 13.8 Å². The summed E-state index contributed by atoms with van der Waals surface area (Å²) in [5, 5.41) is 4.73. The molecule has 1 aliphatic rings. The first-order valence-corrected chi connectivity index (χ1v) is 9.41. The van der Waals surface area contributed by atoms with Gasteiger partial charge in [0, 0.05) is 24.7 Å². The van der Waals surface area contributed by atoms with Crippen molar-refractivity contribution in [2.45, 2.75) is 33.7 Å². The van der Waals surface area contributed by atoms with E-state index < -0.39 is 0 Å². The van der Waals surface area contributed by atoms with Crippen LogP contribution in [-0.4, -0.2) is 45.3 Å². The lowest BCUT2D eigenvalue weighted by Gasteiger charge is -2.35. The van der Waals surface area contributed by atoms with Gasteiger partial charge < -0.3 is 14.1 Å². The molecule has 146 valence electrons. The predicted octanol–water partition coefficient (Wildman–Crippen LogP) is 3.31. The van der Waals surface area contributed by atoms with Crippen LogP contribution in [0.3, 0.4) is 0 Å². The van der Waals surface area contributed by atoms with Gasteiger partial charge in [0.2, 0.25) is 5.76 Å². The Morgan fingerprint density at radius 3 is 2.54 bits per heavy atom. The van der Waals surface area contributed by atoms with Gasteiger partial charge in [0.05, 0.1) is 36.3 Å². The number of nitrogens with zero attached hydrogens (tertiary/aromatic N) is 4. The van der Waals surface area contributed by atoms with E-state index in [9.17, 15) is 4.79 Å². The number of hydrogen-bond donors (Lipinski definition) is 0. The number of aryl methyl sites for hydroxylation is 3. The Labute approximate surface area is 163 Å². The molecule has 0 N–H and O–H groups in total. The first kappa shape index (κ1) is 18.4. The molecule has 3 heterocycles. The van der Waals surface area contributed by atoms with Crippen LogP contribution in [0.2, 0.25) is 0 Å². The molecule has 0 aliphatic carbocycles. The molecule has 7 nitrogen and oxygen atoms in total. The molecule has 3 aromatic rings. The lowest BCUT2D eigenvalue weighted by Crippen LogP contribution is -2.44. The molecule has 0 bridgehead atoms. The van der Waals surface area contributed by atoms with Crippen molar-refractivity contribution in [3.8, 4) is 5.69 Å². The number of morpholine rings is 1. The Kier molecular flexibility index (Phi) is 4.77. The summed E-state index contributed by atoms with van der Waals surface area (Å²) < 4.78 is 13.2. The van der Waals surface area contributed by atoms with Crippen LogP contribution in [0.15, 0.2) is 34.7 Å². The largest absolute Gasteiger partial charge is 0.436 e. The van der Waals surface area contributed by atoms with Crippen molar-refractivity contribution in [3.63, 3.8) is 0 Å². The van der Waals surface area contributed by atoms with E-state index in [0.717, 1.165) is 22.6 Å². The second-order valence-electron chi connectivity index (χ2n) is 7.07. The summed E-state index contributed by atoms with van der Waals surface area (Å²) in [7, 11) is 0. The molecule has 0 unspecified atom stereocenters. The molecule has 1 saturated heterocycles. The maximum absolute atomic E-state index is 13.2. The fraction of sp³-hybridized carbons (Fsp3) is 0.381. The number of carbonyl (C=O) groups is 1. The van der Waals surface area contributed by atoms with Gasteiger partial charge in [0.25, 0.3) is 5.91 Å². The number of amides is 1. The monoisotopic (exact) mass is 380 g/mol. The number of rotatable bonds is 3. The van der Waals surface area contributed by atoms with Crippen molar-refractivity contribution in [1.82, 2.24) is 19.7 Å². The first-order valence-electron chi connectivity index (χ1n) is 9.41. The molecule has 2 aromatic heterocycles. The third-order valence-corrected chi connectivity index (χ3v) is 5.17. The number of carbonyl (C=O) groups excluding carboxylic acids is 1. The van der Waals surface area contributed by atoms with Gasteiger partial charge in [-0.2, -0.15) is 5.10 Å². The second-order valence-corrected chi connectivity index (χ2v) is 7.07. The molecule has 0 radical (unpaired) electrons. The highest BCUT2D eigenvalue weighted by Crippen LogP contribution is 2.32. The maximum atomic E-state index is 13.2. The average molecular weight is 380 g/mol. The maximum Gasteiger partial charge on any atom is 0.292 e. The van der Waals surface area contributed by atoms with Crippen molar-refractivity contribution >= 4 is 5.91 Å². The summed E-state index contributed by atoms with van der Waals surface area (Å²) in [5.41, 5.74) is 4.51. The predicted molar refractivity (Wildman–Crippen MR) is 104 cm³/mol. The minimum atomic E-state index is -0.219. The third kappa shape index (κ3) is 3.11. The van der Waals surface area contributed by atoms with Gasteiger partial charge in [-0.15, -0.1) is 0 Å². The standard InChI is InChI=1S/C21H24N4O3/c1-13-19(15(3)25(23-13)17-8-6-5-7-9-17)18-12-27-11-10-24(18)21(26)20-14(2)22-16(4)28-20/h5-9,18H,10-12H2,1-4H3/t18-/m0/s1. The van der Waals surface area contributed by atoms with Crippen LogP contribution in [0.5, 0.6) is 0 Å². The van der Waals surface area contributed by atoms with Crippen LogP contribution >= 0.6 is 0 Å². The van der Waals surface area contributed by atoms with E-state index in [0.29, 0.717) is 37.1 Å². The molecular weight excluding hydrogens is 356 g/mol. The second kappa shape index (κ2) is 7.24. The number of aromatic nitrogens is 3. The van der Waals surface area contributed by atoms with Crippen molar-refractivity contribution in [3.05, 3.63) is 64.6 Å². The Balaban J connectivity index is 1.74. The van der Waals surface area contributed by atoms with Gasteiger partial charge in [-0.25, -0.2) is 9.67 Å². The normalized spacial score (nSPS) is 17.1. The fourth-order valence-corrected chi connectivity index (χ4v) is 3.90. The average Bonchev–Trinajstić information content (AvgIpc) is 3.19. The molecule has 0 spiro atoms. The molecule has 7 heteroatoms. The summed E-state index contributed by atoms with van der Waals surface area (Å²) in [6, 6.07) is 9.77. The van der Waals surface area contributed by atoms with Crippen molar-refractivity contribution in [1.29, 1.82) is 0 Å². The molecule has 0 saturated carbocycles. The Morgan fingerprint density at radius 1 is 1.11 bits per heavy atom. The number of oxazole rings is 1. The molecule has 1 amide bonds. The van der Waals surface area contributed by atoms with Gasteiger partial charge in [-0.1, -0.05) is 18.2 Å². The zero-order chi connectivity index (χ0) is 19.8. The number of ether oxygens (including phenoxy) is 1. The topological polar surface area (TPSA) is 73.4 Å². The molecule has 1 aliphatic heterocycles. The van der Waals surface area contributed by atoms with Gasteiger partial charge in [-0.05, 0) is 32.9 Å². The minimum Gasteiger partial charge on any atom is -0.436 e. The Hall–Kier alpha value is -2.93. The zero-order valence-electron chi connectivity index (χ0n) is 16.6. The molecule has 1 fully saturated rings. The number of hydrogen-bond acceptors (Lipinski definition) is 5. The highest BCUT2D eigenvalue weighted by molar-refractivity contribution is 5.93. The van der Waals surface area contributed by atoms with Crippen LogP contribution in [-0.2, 0) is 4.74 Å². The SMILES string of the molecule is Cc1nc(C)c(C(=O)N2CCOC[C@H]2c2c(C)nn(-c3ccccc3)c2C)o1. The van der Waals surface area contributed by atoms with E-state index in [4.69, 9.17) is 14.3 Å². The van der Waals surface area contributed by atoms with Crippen LogP contribution in [0.4, 0.5) is 0 Å². The first-order chi connectivity index (χ1) is 13.5. The lowest BCUT2D eigenvalue weighted by molar-refractivity contribution is -0.00469. The minimum absolute atomic E-state index is 0.155. The van der Waals surface area contributed by atoms with Crippen molar-refractivity contribution in [2.75, 3.05) is 19.8 Å². The number of para-hydroxylation sites is 1. The van der Waals surface area contributed by atoms with Gasteiger partial charge >= 0.3 is 0 Å². The van der Waals surface area contributed by atoms with Gasteiger partial charge in [0.15, 0.2) is 5.89 Å².